The summed E-state index contributed by atoms with van der Waals surface area (Å²) in [6.45, 7) is 3.78. The van der Waals surface area contributed by atoms with Crippen molar-refractivity contribution in [3.05, 3.63) is 40.9 Å². The molecule has 23 heavy (non-hydrogen) atoms. The van der Waals surface area contributed by atoms with E-state index in [1.165, 1.54) is 23.6 Å². The van der Waals surface area contributed by atoms with Crippen molar-refractivity contribution >= 4 is 17.2 Å². The van der Waals surface area contributed by atoms with E-state index in [1.54, 1.807) is 0 Å². The molecular formula is C16H17F2N3OS. The van der Waals surface area contributed by atoms with E-state index in [1.807, 2.05) is 0 Å². The second kappa shape index (κ2) is 6.72. The Hall–Kier alpha value is -1.86. The number of nitrogens with one attached hydrogen (secondary N) is 2. The van der Waals surface area contributed by atoms with Crippen LogP contribution in [-0.4, -0.2) is 30.0 Å². The molecule has 0 aliphatic carbocycles. The van der Waals surface area contributed by atoms with Crippen LogP contribution in [0.4, 0.5) is 8.78 Å². The van der Waals surface area contributed by atoms with Gasteiger partial charge in [0.1, 0.15) is 22.3 Å². The first-order valence-corrected chi connectivity index (χ1v) is 8.35. The molecule has 2 atom stereocenters. The van der Waals surface area contributed by atoms with Crippen LogP contribution in [0, 0.1) is 17.6 Å². The van der Waals surface area contributed by atoms with E-state index >= 15 is 0 Å². The number of carbonyl (C=O) groups excluding carboxylic acids is 1. The van der Waals surface area contributed by atoms with Gasteiger partial charge in [-0.2, -0.15) is 0 Å². The van der Waals surface area contributed by atoms with Crippen molar-refractivity contribution < 1.29 is 13.6 Å². The predicted molar refractivity (Wildman–Crippen MR) is 85.4 cm³/mol. The van der Waals surface area contributed by atoms with E-state index in [4.69, 9.17) is 0 Å². The molecule has 4 nitrogen and oxygen atoms in total. The number of nitrogens with zero attached hydrogens (tertiary/aromatic N) is 1. The smallest absolute Gasteiger partial charge is 0.271 e. The van der Waals surface area contributed by atoms with E-state index in [-0.39, 0.29) is 28.2 Å². The number of rotatable bonds is 3. The topological polar surface area (TPSA) is 54.0 Å². The minimum absolute atomic E-state index is 0.0825. The Bertz CT molecular complexity index is 699. The first kappa shape index (κ1) is 16.0. The summed E-state index contributed by atoms with van der Waals surface area (Å²) in [4.78, 5) is 16.4. The van der Waals surface area contributed by atoms with Crippen molar-refractivity contribution in [3.63, 3.8) is 0 Å². The maximum atomic E-state index is 13.8. The Morgan fingerprint density at radius 3 is 2.83 bits per heavy atom. The van der Waals surface area contributed by atoms with Gasteiger partial charge in [-0.15, -0.1) is 11.3 Å². The third kappa shape index (κ3) is 3.40. The summed E-state index contributed by atoms with van der Waals surface area (Å²) in [5.41, 5.74) is 0.00479. The molecule has 0 saturated carbocycles. The van der Waals surface area contributed by atoms with E-state index < -0.39 is 11.6 Å². The van der Waals surface area contributed by atoms with Gasteiger partial charge in [0.25, 0.3) is 5.91 Å². The van der Waals surface area contributed by atoms with Crippen molar-refractivity contribution in [2.75, 3.05) is 13.1 Å². The quantitative estimate of drug-likeness (QED) is 0.905. The van der Waals surface area contributed by atoms with Gasteiger partial charge in [0.05, 0.1) is 5.56 Å². The van der Waals surface area contributed by atoms with Crippen LogP contribution in [0.5, 0.6) is 0 Å². The van der Waals surface area contributed by atoms with Crippen LogP contribution in [-0.2, 0) is 0 Å². The van der Waals surface area contributed by atoms with Crippen LogP contribution in [0.3, 0.4) is 0 Å². The Kier molecular flexibility index (Phi) is 4.68. The lowest BCUT2D eigenvalue weighted by molar-refractivity contribution is 0.0910. The first-order valence-electron chi connectivity index (χ1n) is 7.47. The molecule has 0 radical (unpaired) electrons. The highest BCUT2D eigenvalue weighted by atomic mass is 32.1. The average Bonchev–Trinajstić information content (AvgIpc) is 2.99. The Balaban J connectivity index is 1.77. The molecule has 1 fully saturated rings. The maximum Gasteiger partial charge on any atom is 0.271 e. The molecular weight excluding hydrogens is 320 g/mol. The summed E-state index contributed by atoms with van der Waals surface area (Å²) in [6.07, 6.45) is 0.853. The van der Waals surface area contributed by atoms with Crippen molar-refractivity contribution in [1.29, 1.82) is 0 Å². The lowest BCUT2D eigenvalue weighted by Gasteiger charge is -2.29. The monoisotopic (exact) mass is 337 g/mol. The molecule has 1 aliphatic heterocycles. The molecule has 3 rings (SSSR count). The minimum atomic E-state index is -0.682. The van der Waals surface area contributed by atoms with E-state index in [2.05, 4.69) is 22.5 Å². The molecule has 2 aromatic rings. The van der Waals surface area contributed by atoms with Crippen LogP contribution in [0.2, 0.25) is 0 Å². The number of amides is 1. The van der Waals surface area contributed by atoms with Gasteiger partial charge in [-0.1, -0.05) is 13.0 Å². The van der Waals surface area contributed by atoms with E-state index in [9.17, 15) is 13.6 Å². The van der Waals surface area contributed by atoms with Gasteiger partial charge in [0.2, 0.25) is 0 Å². The highest BCUT2D eigenvalue weighted by molar-refractivity contribution is 7.13. The Labute approximate surface area is 136 Å². The van der Waals surface area contributed by atoms with Gasteiger partial charge in [0.15, 0.2) is 0 Å². The summed E-state index contributed by atoms with van der Waals surface area (Å²) < 4.78 is 27.6. The number of hydrogen-bond donors (Lipinski definition) is 2. The average molecular weight is 337 g/mol. The van der Waals surface area contributed by atoms with Crippen LogP contribution >= 0.6 is 11.3 Å². The second-order valence-electron chi connectivity index (χ2n) is 5.68. The van der Waals surface area contributed by atoms with Crippen molar-refractivity contribution in [2.45, 2.75) is 19.4 Å². The molecule has 1 aliphatic rings. The standard InChI is InChI=1S/C16H17F2N3OS/c1-9-7-19-6-5-12(9)20-15(22)13-8-23-16(21-13)14-10(17)3-2-4-11(14)18/h2-4,8-9,12,19H,5-7H2,1H3,(H,20,22). The summed E-state index contributed by atoms with van der Waals surface area (Å²) in [7, 11) is 0. The lowest BCUT2D eigenvalue weighted by atomic mass is 9.95. The third-order valence-electron chi connectivity index (χ3n) is 4.02. The predicted octanol–water partition coefficient (Wildman–Crippen LogP) is 2.82. The summed E-state index contributed by atoms with van der Waals surface area (Å²) in [5.74, 6) is -1.34. The lowest BCUT2D eigenvalue weighted by Crippen LogP contribution is -2.48. The zero-order valence-electron chi connectivity index (χ0n) is 12.6. The molecule has 1 aromatic carbocycles. The normalized spacial score (nSPS) is 21.2. The summed E-state index contributed by atoms with van der Waals surface area (Å²) in [5, 5.41) is 7.92. The van der Waals surface area contributed by atoms with Crippen LogP contribution in [0.15, 0.2) is 23.6 Å². The zero-order chi connectivity index (χ0) is 16.4. The fourth-order valence-electron chi connectivity index (χ4n) is 2.67. The first-order chi connectivity index (χ1) is 11.1. The van der Waals surface area contributed by atoms with Crippen LogP contribution < -0.4 is 10.6 Å². The van der Waals surface area contributed by atoms with E-state index in [0.717, 1.165) is 30.8 Å². The molecule has 1 amide bonds. The Morgan fingerprint density at radius 2 is 2.13 bits per heavy atom. The number of aromatic nitrogens is 1. The number of thiazole rings is 1. The van der Waals surface area contributed by atoms with Crippen molar-refractivity contribution in [3.8, 4) is 10.6 Å². The van der Waals surface area contributed by atoms with E-state index in [0.29, 0.717) is 5.92 Å². The number of piperidine rings is 1. The van der Waals surface area contributed by atoms with Crippen molar-refractivity contribution in [2.24, 2.45) is 5.92 Å². The number of hydrogen-bond acceptors (Lipinski definition) is 4. The molecule has 0 spiro atoms. The molecule has 2 heterocycles. The van der Waals surface area contributed by atoms with Gasteiger partial charge in [-0.05, 0) is 37.6 Å². The van der Waals surface area contributed by atoms with Gasteiger partial charge >= 0.3 is 0 Å². The molecule has 0 bridgehead atoms. The van der Waals surface area contributed by atoms with Gasteiger partial charge in [-0.3, -0.25) is 4.79 Å². The highest BCUT2D eigenvalue weighted by Crippen LogP contribution is 2.29. The largest absolute Gasteiger partial charge is 0.348 e. The van der Waals surface area contributed by atoms with Crippen molar-refractivity contribution in [1.82, 2.24) is 15.6 Å². The number of halogens is 2. The number of carbonyl (C=O) groups is 1. The molecule has 7 heteroatoms. The molecule has 1 saturated heterocycles. The zero-order valence-corrected chi connectivity index (χ0v) is 13.4. The molecule has 122 valence electrons. The molecule has 2 unspecified atom stereocenters. The minimum Gasteiger partial charge on any atom is -0.348 e. The maximum absolute atomic E-state index is 13.8. The highest BCUT2D eigenvalue weighted by Gasteiger charge is 2.24. The molecule has 1 aromatic heterocycles. The van der Waals surface area contributed by atoms with Gasteiger partial charge < -0.3 is 10.6 Å². The third-order valence-corrected chi connectivity index (χ3v) is 4.88. The van der Waals surface area contributed by atoms with Crippen LogP contribution in [0.25, 0.3) is 10.6 Å². The fourth-order valence-corrected chi connectivity index (χ4v) is 3.51. The van der Waals surface area contributed by atoms with Gasteiger partial charge in [-0.25, -0.2) is 13.8 Å². The fraction of sp³-hybridized carbons (Fsp3) is 0.375. The second-order valence-corrected chi connectivity index (χ2v) is 6.54. The number of benzene rings is 1. The Morgan fingerprint density at radius 1 is 1.39 bits per heavy atom. The van der Waals surface area contributed by atoms with Crippen LogP contribution in [0.1, 0.15) is 23.8 Å². The summed E-state index contributed by atoms with van der Waals surface area (Å²) in [6, 6.07) is 3.74. The summed E-state index contributed by atoms with van der Waals surface area (Å²) >= 11 is 1.06. The SMILES string of the molecule is CC1CNCCC1NC(=O)c1csc(-c2c(F)cccc2F)n1. The molecule has 2 N–H and O–H groups in total. The van der Waals surface area contributed by atoms with Gasteiger partial charge in [0, 0.05) is 11.4 Å².